The van der Waals surface area contributed by atoms with Crippen LogP contribution in [0.15, 0.2) is 102 Å². The third-order valence-electron chi connectivity index (χ3n) is 5.45. The van der Waals surface area contributed by atoms with Crippen LogP contribution in [0.4, 0.5) is 11.6 Å². The van der Waals surface area contributed by atoms with E-state index in [-0.39, 0.29) is 11.6 Å². The summed E-state index contributed by atoms with van der Waals surface area (Å²) >= 11 is 0. The SMILES string of the molecule is O=C(/C=C/c1cccc2ccccc12)Nc1nonc1NC(=O)/C=C/c1cccc2ccccc12. The number of rotatable bonds is 6. The van der Waals surface area contributed by atoms with E-state index in [0.29, 0.717) is 0 Å². The van der Waals surface area contributed by atoms with Crippen molar-refractivity contribution in [2.75, 3.05) is 10.6 Å². The molecule has 0 aliphatic rings. The Morgan fingerprint density at radius 3 is 1.51 bits per heavy atom. The Morgan fingerprint density at radius 1 is 0.600 bits per heavy atom. The molecule has 5 rings (SSSR count). The van der Waals surface area contributed by atoms with Crippen LogP contribution in [0, 0.1) is 0 Å². The van der Waals surface area contributed by atoms with Crippen LogP contribution in [-0.2, 0) is 9.59 Å². The minimum Gasteiger partial charge on any atom is -0.301 e. The van der Waals surface area contributed by atoms with Gasteiger partial charge in [0.15, 0.2) is 0 Å². The van der Waals surface area contributed by atoms with E-state index in [0.717, 1.165) is 32.7 Å². The van der Waals surface area contributed by atoms with Gasteiger partial charge in [-0.25, -0.2) is 4.63 Å². The van der Waals surface area contributed by atoms with Crippen LogP contribution in [0.1, 0.15) is 11.1 Å². The minimum absolute atomic E-state index is 0.0180. The van der Waals surface area contributed by atoms with E-state index < -0.39 is 11.8 Å². The van der Waals surface area contributed by atoms with Gasteiger partial charge in [-0.3, -0.25) is 9.59 Å². The van der Waals surface area contributed by atoms with Gasteiger partial charge in [-0.1, -0.05) is 84.9 Å². The van der Waals surface area contributed by atoms with Crippen LogP contribution in [0.2, 0.25) is 0 Å². The second kappa shape index (κ2) is 9.84. The van der Waals surface area contributed by atoms with E-state index in [1.807, 2.05) is 84.9 Å². The highest BCUT2D eigenvalue weighted by Gasteiger charge is 2.14. The van der Waals surface area contributed by atoms with Crippen molar-refractivity contribution in [3.8, 4) is 0 Å². The molecule has 4 aromatic carbocycles. The number of aromatic nitrogens is 2. The Hall–Kier alpha value is -5.04. The van der Waals surface area contributed by atoms with Gasteiger partial charge >= 0.3 is 0 Å². The lowest BCUT2D eigenvalue weighted by atomic mass is 10.0. The molecule has 1 aromatic heterocycles. The van der Waals surface area contributed by atoms with Crippen molar-refractivity contribution in [2.24, 2.45) is 0 Å². The summed E-state index contributed by atoms with van der Waals surface area (Å²) < 4.78 is 4.71. The number of nitrogens with zero attached hydrogens (tertiary/aromatic N) is 2. The monoisotopic (exact) mass is 460 g/mol. The molecule has 0 bridgehead atoms. The number of nitrogens with one attached hydrogen (secondary N) is 2. The van der Waals surface area contributed by atoms with Gasteiger partial charge in [0.1, 0.15) is 0 Å². The maximum atomic E-state index is 12.5. The van der Waals surface area contributed by atoms with Crippen molar-refractivity contribution < 1.29 is 14.2 Å². The van der Waals surface area contributed by atoms with Crippen molar-refractivity contribution in [3.05, 3.63) is 108 Å². The molecule has 0 atom stereocenters. The van der Waals surface area contributed by atoms with E-state index in [1.165, 1.54) is 12.2 Å². The van der Waals surface area contributed by atoms with Crippen molar-refractivity contribution in [3.63, 3.8) is 0 Å². The van der Waals surface area contributed by atoms with Crippen molar-refractivity contribution >= 4 is 57.1 Å². The molecule has 0 aliphatic heterocycles. The first-order valence-corrected chi connectivity index (χ1v) is 10.9. The summed E-state index contributed by atoms with van der Waals surface area (Å²) in [6.07, 6.45) is 6.22. The van der Waals surface area contributed by atoms with Crippen LogP contribution >= 0.6 is 0 Å². The fourth-order valence-electron chi connectivity index (χ4n) is 3.79. The molecule has 0 fully saturated rings. The smallest absolute Gasteiger partial charge is 0.249 e. The standard InChI is InChI=1S/C28H20N4O3/c33-25(17-15-21-11-5-9-19-7-1-3-13-23(19)21)29-27-28(32-35-31-27)30-26(34)18-16-22-12-6-10-20-8-2-4-14-24(20)22/h1-18H,(H,29,31,33)(H,30,32,34)/b17-15+,18-16+. The van der Waals surface area contributed by atoms with Gasteiger partial charge in [0, 0.05) is 12.2 Å². The van der Waals surface area contributed by atoms with E-state index in [9.17, 15) is 9.59 Å². The Labute approximate surface area is 200 Å². The fourth-order valence-corrected chi connectivity index (χ4v) is 3.79. The van der Waals surface area contributed by atoms with Crippen molar-refractivity contribution in [2.45, 2.75) is 0 Å². The van der Waals surface area contributed by atoms with Crippen molar-refractivity contribution in [1.29, 1.82) is 0 Å². The number of hydrogen-bond donors (Lipinski definition) is 2. The summed E-state index contributed by atoms with van der Waals surface area (Å²) in [5, 5.41) is 16.8. The molecule has 2 N–H and O–H groups in total. The van der Waals surface area contributed by atoms with E-state index in [1.54, 1.807) is 12.2 Å². The average Bonchev–Trinajstić information content (AvgIpc) is 3.32. The van der Waals surface area contributed by atoms with Gasteiger partial charge in [0.2, 0.25) is 23.5 Å². The highest BCUT2D eigenvalue weighted by atomic mass is 16.6. The third kappa shape index (κ3) is 4.99. The Kier molecular flexibility index (Phi) is 6.13. The molecule has 2 amide bonds. The second-order valence-corrected chi connectivity index (χ2v) is 7.74. The lowest BCUT2D eigenvalue weighted by Crippen LogP contribution is -2.13. The van der Waals surface area contributed by atoms with Crippen LogP contribution < -0.4 is 10.6 Å². The summed E-state index contributed by atoms with van der Waals surface area (Å²) in [5.41, 5.74) is 1.81. The molecule has 7 heteroatoms. The maximum absolute atomic E-state index is 12.5. The lowest BCUT2D eigenvalue weighted by molar-refractivity contribution is -0.112. The summed E-state index contributed by atoms with van der Waals surface area (Å²) in [7, 11) is 0. The summed E-state index contributed by atoms with van der Waals surface area (Å²) in [4.78, 5) is 24.9. The first-order valence-electron chi connectivity index (χ1n) is 10.9. The van der Waals surface area contributed by atoms with Crippen LogP contribution in [0.25, 0.3) is 33.7 Å². The zero-order valence-electron chi connectivity index (χ0n) is 18.5. The first-order chi connectivity index (χ1) is 17.2. The molecule has 0 saturated carbocycles. The van der Waals surface area contributed by atoms with Crippen LogP contribution in [-0.4, -0.2) is 22.1 Å². The molecule has 7 nitrogen and oxygen atoms in total. The molecule has 170 valence electrons. The Morgan fingerprint density at radius 2 is 1.03 bits per heavy atom. The third-order valence-corrected chi connectivity index (χ3v) is 5.45. The van der Waals surface area contributed by atoms with E-state index in [4.69, 9.17) is 4.63 Å². The predicted molar refractivity (Wildman–Crippen MR) is 138 cm³/mol. The molecule has 0 aliphatic carbocycles. The molecule has 1 heterocycles. The lowest BCUT2D eigenvalue weighted by Gasteiger charge is -2.03. The zero-order chi connectivity index (χ0) is 24.0. The molecule has 0 spiro atoms. The molecule has 0 radical (unpaired) electrons. The molecule has 5 aromatic rings. The van der Waals surface area contributed by atoms with E-state index in [2.05, 4.69) is 20.9 Å². The summed E-state index contributed by atoms with van der Waals surface area (Å²) in [5.74, 6) is -0.833. The topological polar surface area (TPSA) is 97.1 Å². The van der Waals surface area contributed by atoms with Gasteiger partial charge in [0.25, 0.3) is 0 Å². The maximum Gasteiger partial charge on any atom is 0.249 e. The van der Waals surface area contributed by atoms with Crippen LogP contribution in [0.5, 0.6) is 0 Å². The number of benzene rings is 4. The van der Waals surface area contributed by atoms with Gasteiger partial charge in [-0.05, 0) is 55.1 Å². The summed E-state index contributed by atoms with van der Waals surface area (Å²) in [6, 6.07) is 27.6. The number of hydrogen-bond acceptors (Lipinski definition) is 5. The minimum atomic E-state index is -0.435. The highest BCUT2D eigenvalue weighted by molar-refractivity contribution is 6.07. The molecule has 35 heavy (non-hydrogen) atoms. The largest absolute Gasteiger partial charge is 0.301 e. The van der Waals surface area contributed by atoms with Gasteiger partial charge in [0.05, 0.1) is 0 Å². The molecular weight excluding hydrogens is 440 g/mol. The van der Waals surface area contributed by atoms with Crippen molar-refractivity contribution in [1.82, 2.24) is 10.3 Å². The predicted octanol–water partition coefficient (Wildman–Crippen LogP) is 5.68. The normalized spacial score (nSPS) is 11.4. The zero-order valence-corrected chi connectivity index (χ0v) is 18.5. The Balaban J connectivity index is 1.25. The molecule has 0 saturated heterocycles. The highest BCUT2D eigenvalue weighted by Crippen LogP contribution is 2.21. The number of anilines is 2. The quantitative estimate of drug-likeness (QED) is 0.318. The van der Waals surface area contributed by atoms with Gasteiger partial charge < -0.3 is 10.6 Å². The number of carbonyl (C=O) groups is 2. The molecule has 0 unspecified atom stereocenters. The van der Waals surface area contributed by atoms with Gasteiger partial charge in [-0.2, -0.15) is 0 Å². The fraction of sp³-hybridized carbons (Fsp3) is 0. The number of carbonyl (C=O) groups excluding carboxylic acids is 2. The first kappa shape index (κ1) is 21.8. The van der Waals surface area contributed by atoms with Gasteiger partial charge in [-0.15, -0.1) is 0 Å². The average molecular weight is 460 g/mol. The van der Waals surface area contributed by atoms with E-state index >= 15 is 0 Å². The Bertz CT molecular complexity index is 1470. The number of amides is 2. The second-order valence-electron chi connectivity index (χ2n) is 7.74. The number of fused-ring (bicyclic) bond motifs is 2. The van der Waals surface area contributed by atoms with Crippen LogP contribution in [0.3, 0.4) is 0 Å². The summed E-state index contributed by atoms with van der Waals surface area (Å²) in [6.45, 7) is 0. The molecular formula is C28H20N4O3.